The molecule has 0 aromatic carbocycles. The standard InChI is InChI=1S/C13H16F3N3O2/c14-13(15,16)5-7-19-6-4-8-2-1-3-9(11(17)20)10(8)18-12(19)21/h4,6,9H,1-3,5,7H2,(H2,17,20)(H,18,21). The van der Waals surface area contributed by atoms with Crippen molar-refractivity contribution in [1.29, 1.82) is 0 Å². The Balaban J connectivity index is 2.14. The smallest absolute Gasteiger partial charge is 0.369 e. The van der Waals surface area contributed by atoms with Crippen LogP contribution in [-0.4, -0.2) is 29.6 Å². The van der Waals surface area contributed by atoms with Gasteiger partial charge in [0.05, 0.1) is 12.3 Å². The molecule has 0 radical (unpaired) electrons. The van der Waals surface area contributed by atoms with Crippen LogP contribution in [0, 0.1) is 5.92 Å². The van der Waals surface area contributed by atoms with E-state index in [0.29, 0.717) is 18.5 Å². The maximum absolute atomic E-state index is 12.2. The number of carbonyl (C=O) groups is 2. The fourth-order valence-corrected chi connectivity index (χ4v) is 2.48. The van der Waals surface area contributed by atoms with Crippen LogP contribution in [0.25, 0.3) is 0 Å². The molecule has 21 heavy (non-hydrogen) atoms. The predicted molar refractivity (Wildman–Crippen MR) is 68.6 cm³/mol. The molecule has 0 spiro atoms. The number of alkyl halides is 3. The summed E-state index contributed by atoms with van der Waals surface area (Å²) in [5.74, 6) is -1.13. The number of amides is 3. The van der Waals surface area contributed by atoms with Crippen LogP contribution >= 0.6 is 0 Å². The van der Waals surface area contributed by atoms with Crippen LogP contribution in [0.4, 0.5) is 18.0 Å². The van der Waals surface area contributed by atoms with E-state index >= 15 is 0 Å². The van der Waals surface area contributed by atoms with E-state index in [9.17, 15) is 22.8 Å². The topological polar surface area (TPSA) is 75.4 Å². The first-order chi connectivity index (χ1) is 9.78. The van der Waals surface area contributed by atoms with Crippen LogP contribution in [0.5, 0.6) is 0 Å². The van der Waals surface area contributed by atoms with E-state index in [2.05, 4.69) is 5.32 Å². The zero-order valence-electron chi connectivity index (χ0n) is 11.2. The third kappa shape index (κ3) is 3.77. The summed E-state index contributed by atoms with van der Waals surface area (Å²) in [7, 11) is 0. The molecule has 0 saturated heterocycles. The van der Waals surface area contributed by atoms with Gasteiger partial charge < -0.3 is 16.0 Å². The zero-order chi connectivity index (χ0) is 15.6. The maximum Gasteiger partial charge on any atom is 0.390 e. The molecule has 2 aliphatic rings. The highest BCUT2D eigenvalue weighted by Gasteiger charge is 2.32. The molecule has 1 aliphatic carbocycles. The number of primary amides is 1. The number of nitrogens with zero attached hydrogens (tertiary/aromatic N) is 1. The minimum Gasteiger partial charge on any atom is -0.369 e. The van der Waals surface area contributed by atoms with Crippen LogP contribution in [0.1, 0.15) is 25.7 Å². The van der Waals surface area contributed by atoms with Crippen LogP contribution in [0.3, 0.4) is 0 Å². The van der Waals surface area contributed by atoms with Crippen molar-refractivity contribution in [2.45, 2.75) is 31.9 Å². The van der Waals surface area contributed by atoms with Crippen molar-refractivity contribution < 1.29 is 22.8 Å². The molecule has 0 bridgehead atoms. The van der Waals surface area contributed by atoms with E-state index < -0.39 is 37.0 Å². The van der Waals surface area contributed by atoms with E-state index in [4.69, 9.17) is 5.73 Å². The lowest BCUT2D eigenvalue weighted by Gasteiger charge is -2.25. The molecule has 2 rings (SSSR count). The van der Waals surface area contributed by atoms with Crippen LogP contribution < -0.4 is 11.1 Å². The third-order valence-corrected chi connectivity index (χ3v) is 3.57. The van der Waals surface area contributed by atoms with Crippen molar-refractivity contribution in [3.05, 3.63) is 23.5 Å². The van der Waals surface area contributed by atoms with E-state index in [1.807, 2.05) is 0 Å². The van der Waals surface area contributed by atoms with Crippen molar-refractivity contribution in [3.63, 3.8) is 0 Å². The lowest BCUT2D eigenvalue weighted by atomic mass is 9.86. The zero-order valence-corrected chi connectivity index (χ0v) is 11.2. The average molecular weight is 303 g/mol. The van der Waals surface area contributed by atoms with Crippen LogP contribution in [0.2, 0.25) is 0 Å². The lowest BCUT2D eigenvalue weighted by Crippen LogP contribution is -2.41. The van der Waals surface area contributed by atoms with Gasteiger partial charge in [-0.25, -0.2) is 4.79 Å². The van der Waals surface area contributed by atoms with Gasteiger partial charge in [-0.1, -0.05) is 0 Å². The Morgan fingerprint density at radius 3 is 2.81 bits per heavy atom. The Hall–Kier alpha value is -1.99. The van der Waals surface area contributed by atoms with E-state index in [-0.39, 0.29) is 0 Å². The van der Waals surface area contributed by atoms with Gasteiger partial charge in [0.25, 0.3) is 0 Å². The molecule has 0 fully saturated rings. The van der Waals surface area contributed by atoms with Gasteiger partial charge in [0, 0.05) is 18.4 Å². The number of hydrogen-bond donors (Lipinski definition) is 2. The second-order valence-corrected chi connectivity index (χ2v) is 5.09. The van der Waals surface area contributed by atoms with Gasteiger partial charge in [-0.3, -0.25) is 4.79 Å². The highest BCUT2D eigenvalue weighted by atomic mass is 19.4. The second kappa shape index (κ2) is 5.79. The monoisotopic (exact) mass is 303 g/mol. The number of carbonyl (C=O) groups excluding carboxylic acids is 2. The summed E-state index contributed by atoms with van der Waals surface area (Å²) >= 11 is 0. The minimum absolute atomic E-state index is 0.421. The summed E-state index contributed by atoms with van der Waals surface area (Å²) in [5, 5.41) is 2.53. The first kappa shape index (κ1) is 15.4. The fraction of sp³-hybridized carbons (Fsp3) is 0.538. The van der Waals surface area contributed by atoms with E-state index in [0.717, 1.165) is 16.9 Å². The number of rotatable bonds is 3. The van der Waals surface area contributed by atoms with Gasteiger partial charge in [0.15, 0.2) is 0 Å². The molecule has 1 aliphatic heterocycles. The molecule has 3 amide bonds. The molecule has 0 saturated carbocycles. The summed E-state index contributed by atoms with van der Waals surface area (Å²) in [6, 6.07) is -0.673. The Kier molecular flexibility index (Phi) is 4.24. The van der Waals surface area contributed by atoms with Crippen LogP contribution in [-0.2, 0) is 4.79 Å². The molecule has 116 valence electrons. The maximum atomic E-state index is 12.2. The Labute approximate surface area is 119 Å². The lowest BCUT2D eigenvalue weighted by molar-refractivity contribution is -0.135. The quantitative estimate of drug-likeness (QED) is 0.837. The molecule has 0 aromatic rings. The van der Waals surface area contributed by atoms with Crippen molar-refractivity contribution >= 4 is 11.9 Å². The summed E-state index contributed by atoms with van der Waals surface area (Å²) in [6.07, 6.45) is -0.577. The highest BCUT2D eigenvalue weighted by molar-refractivity contribution is 5.84. The third-order valence-electron chi connectivity index (χ3n) is 3.57. The molecular weight excluding hydrogens is 287 g/mol. The second-order valence-electron chi connectivity index (χ2n) is 5.09. The number of nitrogens with one attached hydrogen (secondary N) is 1. The fourth-order valence-electron chi connectivity index (χ4n) is 2.48. The normalized spacial score (nSPS) is 22.7. The van der Waals surface area contributed by atoms with E-state index in [1.165, 1.54) is 6.20 Å². The van der Waals surface area contributed by atoms with Crippen molar-refractivity contribution in [1.82, 2.24) is 10.2 Å². The SMILES string of the molecule is NC(=O)C1CCCC2=C1NC(=O)N(CCC(F)(F)F)C=C2. The molecule has 0 aromatic heterocycles. The van der Waals surface area contributed by atoms with Crippen molar-refractivity contribution in [2.75, 3.05) is 6.54 Å². The first-order valence-electron chi connectivity index (χ1n) is 6.63. The molecule has 1 unspecified atom stereocenters. The van der Waals surface area contributed by atoms with Gasteiger partial charge in [0.1, 0.15) is 0 Å². The molecule has 1 atom stereocenters. The predicted octanol–water partition coefficient (Wildman–Crippen LogP) is 2.02. The Morgan fingerprint density at radius 1 is 1.48 bits per heavy atom. The number of nitrogens with two attached hydrogens (primary N) is 1. The van der Waals surface area contributed by atoms with Crippen LogP contribution in [0.15, 0.2) is 23.5 Å². The molecule has 5 nitrogen and oxygen atoms in total. The first-order valence-corrected chi connectivity index (χ1v) is 6.63. The average Bonchev–Trinajstić information content (AvgIpc) is 2.53. The number of hydrogen-bond acceptors (Lipinski definition) is 2. The summed E-state index contributed by atoms with van der Waals surface area (Å²) < 4.78 is 36.7. The van der Waals surface area contributed by atoms with Gasteiger partial charge in [-0.15, -0.1) is 0 Å². The summed E-state index contributed by atoms with van der Waals surface area (Å²) in [4.78, 5) is 24.3. The van der Waals surface area contributed by atoms with Gasteiger partial charge in [-0.2, -0.15) is 13.2 Å². The highest BCUT2D eigenvalue weighted by Crippen LogP contribution is 2.31. The largest absolute Gasteiger partial charge is 0.390 e. The number of allylic oxidation sites excluding steroid dienone is 2. The molecular formula is C13H16F3N3O2. The van der Waals surface area contributed by atoms with Gasteiger partial charge in [-0.05, 0) is 30.9 Å². The molecule has 3 N–H and O–H groups in total. The minimum atomic E-state index is -4.33. The Morgan fingerprint density at radius 2 is 2.19 bits per heavy atom. The summed E-state index contributed by atoms with van der Waals surface area (Å²) in [6.45, 7) is -0.465. The van der Waals surface area contributed by atoms with E-state index in [1.54, 1.807) is 6.08 Å². The summed E-state index contributed by atoms with van der Waals surface area (Å²) in [5.41, 5.74) is 6.47. The van der Waals surface area contributed by atoms with Crippen molar-refractivity contribution in [2.24, 2.45) is 11.7 Å². The molecule has 1 heterocycles. The van der Waals surface area contributed by atoms with Gasteiger partial charge >= 0.3 is 12.2 Å². The number of urea groups is 1. The van der Waals surface area contributed by atoms with Gasteiger partial charge in [0.2, 0.25) is 5.91 Å². The Bertz CT molecular complexity index is 511. The molecule has 8 heteroatoms. The van der Waals surface area contributed by atoms with Crippen molar-refractivity contribution in [3.8, 4) is 0 Å². The number of halogens is 3.